The summed E-state index contributed by atoms with van der Waals surface area (Å²) in [6, 6.07) is 9.95. The molecule has 3 N–H and O–H groups in total. The van der Waals surface area contributed by atoms with Crippen LogP contribution in [-0.4, -0.2) is 26.7 Å². The summed E-state index contributed by atoms with van der Waals surface area (Å²) in [7, 11) is 0. The number of nitrogens with two attached hydrogens (primary N) is 1. The van der Waals surface area contributed by atoms with Crippen LogP contribution in [0.1, 0.15) is 35.4 Å². The molecule has 0 saturated heterocycles. The molecule has 1 unspecified atom stereocenters. The summed E-state index contributed by atoms with van der Waals surface area (Å²) in [6.45, 7) is 1.74. The number of carbonyl (C=O) groups excluding carboxylic acids is 1. The van der Waals surface area contributed by atoms with Crippen molar-refractivity contribution in [2.75, 3.05) is 0 Å². The van der Waals surface area contributed by atoms with Crippen LogP contribution < -0.4 is 5.73 Å². The summed E-state index contributed by atoms with van der Waals surface area (Å²) in [5.74, 6) is -0.559. The number of rotatable bonds is 6. The lowest BCUT2D eigenvalue weighted by atomic mass is 10.0. The van der Waals surface area contributed by atoms with Crippen molar-refractivity contribution in [3.05, 3.63) is 54.1 Å². The fraction of sp³-hybridized carbons (Fsp3) is 0.333. The number of benzene rings is 1. The third kappa shape index (κ3) is 3.45. The standard InChI is InChI=1S/C15H19N3O2/c1-11(19)14(8-7-12-5-3-2-4-6-12)18-9-13(15(16)20)17-10-18/h2-6,9-11,14,19H,7-8H2,1H3,(H2,16,20)/t11-,14?/m1/s1. The fourth-order valence-electron chi connectivity index (χ4n) is 2.24. The maximum absolute atomic E-state index is 11.1. The van der Waals surface area contributed by atoms with Crippen molar-refractivity contribution < 1.29 is 9.90 Å². The van der Waals surface area contributed by atoms with E-state index in [9.17, 15) is 9.90 Å². The van der Waals surface area contributed by atoms with E-state index in [1.165, 1.54) is 5.56 Å². The second kappa shape index (κ2) is 6.34. The monoisotopic (exact) mass is 273 g/mol. The Morgan fingerprint density at radius 2 is 2.10 bits per heavy atom. The van der Waals surface area contributed by atoms with Crippen LogP contribution in [0.5, 0.6) is 0 Å². The van der Waals surface area contributed by atoms with Crippen molar-refractivity contribution in [3.63, 3.8) is 0 Å². The molecule has 0 radical (unpaired) electrons. The number of hydrogen-bond acceptors (Lipinski definition) is 3. The molecule has 0 aliphatic rings. The molecule has 1 heterocycles. The van der Waals surface area contributed by atoms with Gasteiger partial charge in [-0.2, -0.15) is 0 Å². The SMILES string of the molecule is C[C@@H](O)C(CCc1ccccc1)n1cnc(C(N)=O)c1. The van der Waals surface area contributed by atoms with Gasteiger partial charge in [-0.05, 0) is 25.3 Å². The molecule has 0 bridgehead atoms. The molecular weight excluding hydrogens is 254 g/mol. The Bertz CT molecular complexity index is 564. The van der Waals surface area contributed by atoms with Gasteiger partial charge < -0.3 is 15.4 Å². The van der Waals surface area contributed by atoms with Gasteiger partial charge in [0.25, 0.3) is 5.91 Å². The third-order valence-electron chi connectivity index (χ3n) is 3.37. The fourth-order valence-corrected chi connectivity index (χ4v) is 2.24. The minimum Gasteiger partial charge on any atom is -0.391 e. The quantitative estimate of drug-likeness (QED) is 0.837. The highest BCUT2D eigenvalue weighted by Crippen LogP contribution is 2.19. The number of nitrogens with zero attached hydrogens (tertiary/aromatic N) is 2. The number of hydrogen-bond donors (Lipinski definition) is 2. The second-order valence-corrected chi connectivity index (χ2v) is 4.90. The summed E-state index contributed by atoms with van der Waals surface area (Å²) in [4.78, 5) is 15.0. The first-order valence-corrected chi connectivity index (χ1v) is 6.63. The number of carbonyl (C=O) groups is 1. The maximum Gasteiger partial charge on any atom is 0.268 e. The van der Waals surface area contributed by atoms with Gasteiger partial charge >= 0.3 is 0 Å². The second-order valence-electron chi connectivity index (χ2n) is 4.90. The summed E-state index contributed by atoms with van der Waals surface area (Å²) < 4.78 is 1.76. The number of primary amides is 1. The van der Waals surface area contributed by atoms with Crippen molar-refractivity contribution in [3.8, 4) is 0 Å². The van der Waals surface area contributed by atoms with Gasteiger partial charge in [-0.25, -0.2) is 4.98 Å². The molecule has 1 amide bonds. The minimum atomic E-state index is -0.559. The van der Waals surface area contributed by atoms with E-state index in [1.54, 1.807) is 24.0 Å². The molecule has 106 valence electrons. The van der Waals surface area contributed by atoms with E-state index in [0.29, 0.717) is 0 Å². The maximum atomic E-state index is 11.1. The van der Waals surface area contributed by atoms with Gasteiger partial charge in [0, 0.05) is 6.20 Å². The lowest BCUT2D eigenvalue weighted by Gasteiger charge is -2.21. The first-order chi connectivity index (χ1) is 9.58. The predicted octanol–water partition coefficient (Wildman–Crippen LogP) is 1.54. The zero-order valence-electron chi connectivity index (χ0n) is 11.4. The van der Waals surface area contributed by atoms with Gasteiger partial charge in [0.05, 0.1) is 18.5 Å². The Morgan fingerprint density at radius 1 is 1.40 bits per heavy atom. The lowest BCUT2D eigenvalue weighted by Crippen LogP contribution is -2.21. The van der Waals surface area contributed by atoms with E-state index in [2.05, 4.69) is 17.1 Å². The van der Waals surface area contributed by atoms with Gasteiger partial charge in [-0.15, -0.1) is 0 Å². The van der Waals surface area contributed by atoms with Crippen LogP contribution in [0, 0.1) is 0 Å². The predicted molar refractivity (Wildman–Crippen MR) is 76.2 cm³/mol. The van der Waals surface area contributed by atoms with Crippen LogP contribution in [0.4, 0.5) is 0 Å². The van der Waals surface area contributed by atoms with Crippen molar-refractivity contribution in [2.45, 2.75) is 31.9 Å². The molecular formula is C15H19N3O2. The van der Waals surface area contributed by atoms with Gasteiger partial charge in [-0.1, -0.05) is 30.3 Å². The number of imidazole rings is 1. The molecule has 0 aliphatic heterocycles. The molecule has 0 aliphatic carbocycles. The molecule has 1 aromatic heterocycles. The van der Waals surface area contributed by atoms with E-state index < -0.39 is 12.0 Å². The van der Waals surface area contributed by atoms with Crippen molar-refractivity contribution in [2.24, 2.45) is 5.73 Å². The zero-order chi connectivity index (χ0) is 14.5. The molecule has 2 aromatic rings. The molecule has 0 saturated carbocycles. The normalized spacial score (nSPS) is 13.9. The molecule has 0 fully saturated rings. The first-order valence-electron chi connectivity index (χ1n) is 6.63. The molecule has 1 aromatic carbocycles. The molecule has 5 heteroatoms. The number of aromatic nitrogens is 2. The van der Waals surface area contributed by atoms with Crippen molar-refractivity contribution in [1.82, 2.24) is 9.55 Å². The Morgan fingerprint density at radius 3 is 2.65 bits per heavy atom. The van der Waals surface area contributed by atoms with Gasteiger partial charge in [0.2, 0.25) is 0 Å². The minimum absolute atomic E-state index is 0.129. The number of aliphatic hydroxyl groups excluding tert-OH is 1. The highest BCUT2D eigenvalue weighted by molar-refractivity contribution is 5.90. The Kier molecular flexibility index (Phi) is 4.53. The lowest BCUT2D eigenvalue weighted by molar-refractivity contribution is 0.0994. The summed E-state index contributed by atoms with van der Waals surface area (Å²) in [6.07, 6.45) is 4.21. The average molecular weight is 273 g/mol. The smallest absolute Gasteiger partial charge is 0.268 e. The van der Waals surface area contributed by atoms with Crippen LogP contribution in [0.2, 0.25) is 0 Å². The largest absolute Gasteiger partial charge is 0.391 e. The van der Waals surface area contributed by atoms with Crippen LogP contribution >= 0.6 is 0 Å². The number of aryl methyl sites for hydroxylation is 1. The summed E-state index contributed by atoms with van der Waals surface area (Å²) >= 11 is 0. The summed E-state index contributed by atoms with van der Waals surface area (Å²) in [5, 5.41) is 9.93. The molecule has 2 rings (SSSR count). The van der Waals surface area contributed by atoms with E-state index in [1.807, 2.05) is 18.2 Å². The first kappa shape index (κ1) is 14.3. The average Bonchev–Trinajstić information content (AvgIpc) is 2.89. The van der Waals surface area contributed by atoms with Crippen molar-refractivity contribution in [1.29, 1.82) is 0 Å². The number of aliphatic hydroxyl groups is 1. The molecule has 20 heavy (non-hydrogen) atoms. The van der Waals surface area contributed by atoms with Gasteiger partial charge in [-0.3, -0.25) is 4.79 Å². The van der Waals surface area contributed by atoms with Crippen molar-refractivity contribution >= 4 is 5.91 Å². The van der Waals surface area contributed by atoms with E-state index >= 15 is 0 Å². The third-order valence-corrected chi connectivity index (χ3v) is 3.37. The molecule has 5 nitrogen and oxygen atoms in total. The highest BCUT2D eigenvalue weighted by atomic mass is 16.3. The Balaban J connectivity index is 2.08. The Hall–Kier alpha value is -2.14. The van der Waals surface area contributed by atoms with E-state index in [-0.39, 0.29) is 11.7 Å². The van der Waals surface area contributed by atoms with Gasteiger partial charge in [0.15, 0.2) is 0 Å². The van der Waals surface area contributed by atoms with E-state index in [4.69, 9.17) is 5.73 Å². The van der Waals surface area contributed by atoms with Gasteiger partial charge in [0.1, 0.15) is 5.69 Å². The van der Waals surface area contributed by atoms with Crippen LogP contribution in [0.25, 0.3) is 0 Å². The van der Waals surface area contributed by atoms with E-state index in [0.717, 1.165) is 12.8 Å². The number of amides is 1. The van der Waals surface area contributed by atoms with Crippen LogP contribution in [0.15, 0.2) is 42.9 Å². The molecule has 2 atom stereocenters. The molecule has 0 spiro atoms. The topological polar surface area (TPSA) is 81.1 Å². The Labute approximate surface area is 118 Å². The van der Waals surface area contributed by atoms with Crippen LogP contribution in [-0.2, 0) is 6.42 Å². The highest BCUT2D eigenvalue weighted by Gasteiger charge is 2.18. The summed E-state index contributed by atoms with van der Waals surface area (Å²) in [5.41, 5.74) is 6.63. The zero-order valence-corrected chi connectivity index (χ0v) is 11.4. The van der Waals surface area contributed by atoms with Crippen LogP contribution in [0.3, 0.4) is 0 Å².